The third-order valence-corrected chi connectivity index (χ3v) is 7.13. The Morgan fingerprint density at radius 2 is 1.46 bits per heavy atom. The molecule has 0 aliphatic rings. The minimum atomic E-state index is -0.761. The molecule has 0 fully saturated rings. The van der Waals surface area contributed by atoms with Crippen molar-refractivity contribution < 1.29 is 33.2 Å². The molecule has 0 spiro atoms. The third kappa shape index (κ3) is 8.59. The second-order valence-corrected chi connectivity index (χ2v) is 11.3. The minimum absolute atomic E-state index is 0.0259. The Kier molecular flexibility index (Phi) is 12.0. The van der Waals surface area contributed by atoms with Crippen molar-refractivity contribution in [2.75, 3.05) is 35.5 Å². The van der Waals surface area contributed by atoms with Crippen LogP contribution in [0.2, 0.25) is 0 Å². The van der Waals surface area contributed by atoms with Gasteiger partial charge >= 0.3 is 6.09 Å². The first-order valence-electron chi connectivity index (χ1n) is 13.8. The van der Waals surface area contributed by atoms with Crippen molar-refractivity contribution in [3.8, 4) is 34.8 Å². The molecule has 0 aliphatic carbocycles. The summed E-state index contributed by atoms with van der Waals surface area (Å²) in [5.74, 6) is 2.79. The number of carbonyl (C=O) groups excluding carboxylic acids is 1. The molecule has 226 valence electrons. The van der Waals surface area contributed by atoms with Gasteiger partial charge in [-0.3, -0.25) is 0 Å². The first kappa shape index (κ1) is 33.4. The van der Waals surface area contributed by atoms with Crippen LogP contribution in [-0.2, 0) is 16.6 Å². The summed E-state index contributed by atoms with van der Waals surface area (Å²) in [6, 6.07) is 11.7. The number of nitrogens with one attached hydrogen (secondary N) is 1. The molecule has 0 saturated heterocycles. The molecule has 0 aromatic heterocycles. The number of benzene rings is 2. The van der Waals surface area contributed by atoms with Gasteiger partial charge in [-0.2, -0.15) is 5.26 Å². The van der Waals surface area contributed by atoms with Gasteiger partial charge in [0.25, 0.3) is 0 Å². The van der Waals surface area contributed by atoms with Gasteiger partial charge in [-0.25, -0.2) is 4.79 Å². The van der Waals surface area contributed by atoms with Crippen LogP contribution < -0.4 is 29.0 Å². The average Bonchev–Trinajstić information content (AvgIpc) is 2.93. The number of nitriles is 1. The Balaban J connectivity index is 2.37. The van der Waals surface area contributed by atoms with E-state index in [0.29, 0.717) is 54.4 Å². The molecule has 0 heterocycles. The standard InChI is InChI=1S/C32H46N2O7/c1-21(2)32(20-33,23-13-14-25(36-6)26(19-23)37-7)15-11-12-24(34-30(35)41-31(3,4)5)16-22-17-27(38-8)29(40-10)28(18-22)39-9/h13-14,17-19,21,24H,11-12,15-16H2,1-10H3,(H,34,35)/t24-,32?/m0/s1. The molecule has 0 saturated carbocycles. The lowest BCUT2D eigenvalue weighted by molar-refractivity contribution is 0.0500. The van der Waals surface area contributed by atoms with Gasteiger partial charge in [0.2, 0.25) is 5.75 Å². The molecular weight excluding hydrogens is 524 g/mol. The number of rotatable bonds is 14. The van der Waals surface area contributed by atoms with Gasteiger partial charge < -0.3 is 33.7 Å². The number of nitrogens with zero attached hydrogens (tertiary/aromatic N) is 1. The van der Waals surface area contributed by atoms with E-state index in [0.717, 1.165) is 11.1 Å². The number of amides is 1. The molecule has 2 rings (SSSR count). The Hall–Kier alpha value is -3.80. The van der Waals surface area contributed by atoms with Crippen LogP contribution in [-0.4, -0.2) is 53.3 Å². The van der Waals surface area contributed by atoms with E-state index >= 15 is 0 Å². The normalized spacial score (nSPS) is 13.4. The maximum atomic E-state index is 12.8. The summed E-state index contributed by atoms with van der Waals surface area (Å²) in [6.07, 6.45) is 1.86. The topological polar surface area (TPSA) is 108 Å². The van der Waals surface area contributed by atoms with Crippen LogP contribution in [0.3, 0.4) is 0 Å². The summed E-state index contributed by atoms with van der Waals surface area (Å²) in [7, 11) is 7.87. The summed E-state index contributed by atoms with van der Waals surface area (Å²) >= 11 is 0. The summed E-state index contributed by atoms with van der Waals surface area (Å²) in [4.78, 5) is 12.8. The molecule has 1 unspecified atom stereocenters. The fraction of sp³-hybridized carbons (Fsp3) is 0.562. The highest BCUT2D eigenvalue weighted by Crippen LogP contribution is 2.41. The molecular formula is C32H46N2O7. The largest absolute Gasteiger partial charge is 0.493 e. The molecule has 2 aromatic rings. The van der Waals surface area contributed by atoms with Gasteiger partial charge in [-0.05, 0) is 87.8 Å². The van der Waals surface area contributed by atoms with E-state index in [2.05, 4.69) is 11.4 Å². The molecule has 2 aromatic carbocycles. The Bertz CT molecular complexity index is 1170. The second-order valence-electron chi connectivity index (χ2n) is 11.3. The van der Waals surface area contributed by atoms with Crippen LogP contribution in [0.15, 0.2) is 30.3 Å². The average molecular weight is 571 g/mol. The number of hydrogen-bond donors (Lipinski definition) is 1. The van der Waals surface area contributed by atoms with E-state index < -0.39 is 17.1 Å². The fourth-order valence-electron chi connectivity index (χ4n) is 4.99. The Labute approximate surface area is 245 Å². The van der Waals surface area contributed by atoms with Gasteiger partial charge in [0, 0.05) is 6.04 Å². The molecule has 0 aliphatic heterocycles. The number of carbonyl (C=O) groups is 1. The maximum Gasteiger partial charge on any atom is 0.407 e. The van der Waals surface area contributed by atoms with Gasteiger partial charge in [0.15, 0.2) is 23.0 Å². The van der Waals surface area contributed by atoms with E-state index in [9.17, 15) is 10.1 Å². The highest BCUT2D eigenvalue weighted by Gasteiger charge is 2.36. The molecule has 0 bridgehead atoms. The molecule has 0 radical (unpaired) electrons. The van der Waals surface area contributed by atoms with E-state index in [1.807, 2.05) is 65.0 Å². The molecule has 9 nitrogen and oxygen atoms in total. The lowest BCUT2D eigenvalue weighted by atomic mass is 9.69. The molecule has 41 heavy (non-hydrogen) atoms. The zero-order chi connectivity index (χ0) is 30.8. The highest BCUT2D eigenvalue weighted by molar-refractivity contribution is 5.68. The predicted octanol–water partition coefficient (Wildman–Crippen LogP) is 6.45. The second kappa shape index (κ2) is 14.7. The zero-order valence-electron chi connectivity index (χ0n) is 26.2. The van der Waals surface area contributed by atoms with E-state index in [1.54, 1.807) is 35.5 Å². The molecule has 1 amide bonds. The van der Waals surface area contributed by atoms with Gasteiger partial charge in [0.1, 0.15) is 5.60 Å². The SMILES string of the molecule is COc1ccc(C(C#N)(CCC[C@@H](Cc2cc(OC)c(OC)c(OC)c2)NC(=O)OC(C)(C)C)C(C)C)cc1OC. The fourth-order valence-corrected chi connectivity index (χ4v) is 4.99. The first-order valence-corrected chi connectivity index (χ1v) is 13.8. The van der Waals surface area contributed by atoms with Crippen molar-refractivity contribution in [1.82, 2.24) is 5.32 Å². The lowest BCUT2D eigenvalue weighted by Crippen LogP contribution is -2.40. The van der Waals surface area contributed by atoms with Crippen LogP contribution in [0, 0.1) is 17.2 Å². The zero-order valence-corrected chi connectivity index (χ0v) is 26.2. The summed E-state index contributed by atoms with van der Waals surface area (Å²) < 4.78 is 33.0. The van der Waals surface area contributed by atoms with E-state index in [-0.39, 0.29) is 12.0 Å². The van der Waals surface area contributed by atoms with Crippen molar-refractivity contribution >= 4 is 6.09 Å². The predicted molar refractivity (Wildman–Crippen MR) is 158 cm³/mol. The molecule has 9 heteroatoms. The van der Waals surface area contributed by atoms with Crippen molar-refractivity contribution in [2.24, 2.45) is 5.92 Å². The van der Waals surface area contributed by atoms with Gasteiger partial charge in [0.05, 0.1) is 47.0 Å². The third-order valence-electron chi connectivity index (χ3n) is 7.13. The van der Waals surface area contributed by atoms with Crippen LogP contribution in [0.25, 0.3) is 0 Å². The summed E-state index contributed by atoms with van der Waals surface area (Å²) in [5, 5.41) is 13.5. The number of alkyl carbamates (subject to hydrolysis) is 1. The van der Waals surface area contributed by atoms with Gasteiger partial charge in [-0.15, -0.1) is 0 Å². The van der Waals surface area contributed by atoms with E-state index in [1.165, 1.54) is 0 Å². The molecule has 1 N–H and O–H groups in total. The number of ether oxygens (including phenoxy) is 6. The number of methoxy groups -OCH3 is 5. The monoisotopic (exact) mass is 570 g/mol. The number of hydrogen-bond acceptors (Lipinski definition) is 8. The maximum absolute atomic E-state index is 12.8. The van der Waals surface area contributed by atoms with Crippen molar-refractivity contribution in [2.45, 2.75) is 77.4 Å². The van der Waals surface area contributed by atoms with Crippen LogP contribution in [0.1, 0.15) is 65.0 Å². The van der Waals surface area contributed by atoms with Crippen LogP contribution in [0.5, 0.6) is 28.7 Å². The highest BCUT2D eigenvalue weighted by atomic mass is 16.6. The summed E-state index contributed by atoms with van der Waals surface area (Å²) in [5.41, 5.74) is 0.370. The van der Waals surface area contributed by atoms with E-state index in [4.69, 9.17) is 28.4 Å². The van der Waals surface area contributed by atoms with Crippen LogP contribution >= 0.6 is 0 Å². The molecule has 2 atom stereocenters. The minimum Gasteiger partial charge on any atom is -0.493 e. The smallest absolute Gasteiger partial charge is 0.407 e. The van der Waals surface area contributed by atoms with Crippen LogP contribution in [0.4, 0.5) is 4.79 Å². The quantitative estimate of drug-likeness (QED) is 0.276. The Morgan fingerprint density at radius 3 is 1.93 bits per heavy atom. The van der Waals surface area contributed by atoms with Crippen molar-refractivity contribution in [3.63, 3.8) is 0 Å². The lowest BCUT2D eigenvalue weighted by Gasteiger charge is -2.32. The van der Waals surface area contributed by atoms with Gasteiger partial charge in [-0.1, -0.05) is 19.9 Å². The van der Waals surface area contributed by atoms with Crippen molar-refractivity contribution in [1.29, 1.82) is 5.26 Å². The summed E-state index contributed by atoms with van der Waals surface area (Å²) in [6.45, 7) is 9.58. The Morgan fingerprint density at radius 1 is 0.878 bits per heavy atom. The van der Waals surface area contributed by atoms with Crippen molar-refractivity contribution in [3.05, 3.63) is 41.5 Å². The first-order chi connectivity index (χ1) is 19.4.